The number of benzene rings is 1. The molecule has 1 amide bonds. The van der Waals surface area contributed by atoms with E-state index >= 15 is 0 Å². The molecule has 0 radical (unpaired) electrons. The van der Waals surface area contributed by atoms with Crippen LogP contribution in [0.25, 0.3) is 0 Å². The average molecular weight is 396 g/mol. The van der Waals surface area contributed by atoms with Crippen molar-refractivity contribution in [3.63, 3.8) is 0 Å². The molecule has 1 aromatic carbocycles. The number of amides is 1. The molecule has 1 aliphatic rings. The Morgan fingerprint density at radius 1 is 1.32 bits per heavy atom. The van der Waals surface area contributed by atoms with Crippen LogP contribution in [0.2, 0.25) is 5.02 Å². The molecule has 3 nitrogen and oxygen atoms in total. The summed E-state index contributed by atoms with van der Waals surface area (Å²) in [5.74, 6) is 1.49. The summed E-state index contributed by atoms with van der Waals surface area (Å²) in [5.41, 5.74) is 1.19. The summed E-state index contributed by atoms with van der Waals surface area (Å²) in [6.07, 6.45) is 2.33. The maximum absolute atomic E-state index is 12.7. The van der Waals surface area contributed by atoms with Crippen LogP contribution >= 0.6 is 34.7 Å². The van der Waals surface area contributed by atoms with Crippen molar-refractivity contribution in [2.45, 2.75) is 31.2 Å². The van der Waals surface area contributed by atoms with E-state index in [2.05, 4.69) is 11.4 Å². The summed E-state index contributed by atoms with van der Waals surface area (Å²) >= 11 is 9.25. The van der Waals surface area contributed by atoms with Gasteiger partial charge in [-0.1, -0.05) is 29.8 Å². The third-order valence-electron chi connectivity index (χ3n) is 4.14. The van der Waals surface area contributed by atoms with E-state index in [0.29, 0.717) is 18.8 Å². The van der Waals surface area contributed by atoms with Gasteiger partial charge in [0.15, 0.2) is 0 Å². The topological polar surface area (TPSA) is 29.5 Å². The number of hydrogen-bond donors (Lipinski definition) is 0. The average Bonchev–Trinajstić information content (AvgIpc) is 3.30. The maximum atomic E-state index is 12.7. The number of ether oxygens (including phenoxy) is 1. The standard InChI is InChI=1S/C19H22ClNO2S2/c20-16-7-5-15(6-8-16)13-24-14-19(22)21(11-17-3-1-9-23-17)12-18-4-2-10-25-18/h2,4-8,10,17H,1,3,9,11-14H2. The van der Waals surface area contributed by atoms with E-state index in [1.165, 1.54) is 10.4 Å². The fourth-order valence-electron chi connectivity index (χ4n) is 2.81. The lowest BCUT2D eigenvalue weighted by molar-refractivity contribution is -0.130. The van der Waals surface area contributed by atoms with E-state index in [1.807, 2.05) is 35.2 Å². The zero-order valence-corrected chi connectivity index (χ0v) is 16.4. The number of hydrogen-bond acceptors (Lipinski definition) is 4. The predicted molar refractivity (Wildman–Crippen MR) is 106 cm³/mol. The molecular formula is C19H22ClNO2S2. The van der Waals surface area contributed by atoms with Gasteiger partial charge in [-0.05, 0) is 42.0 Å². The van der Waals surface area contributed by atoms with Crippen LogP contribution in [-0.2, 0) is 21.8 Å². The zero-order valence-electron chi connectivity index (χ0n) is 14.0. The molecule has 0 bridgehead atoms. The normalized spacial score (nSPS) is 16.9. The molecule has 3 rings (SSSR count). The van der Waals surface area contributed by atoms with Gasteiger partial charge in [0.1, 0.15) is 0 Å². The van der Waals surface area contributed by atoms with Crippen LogP contribution in [0.5, 0.6) is 0 Å². The molecule has 0 aliphatic carbocycles. The zero-order chi connectivity index (χ0) is 17.5. The summed E-state index contributed by atoms with van der Waals surface area (Å²) in [5, 5.41) is 2.79. The highest BCUT2D eigenvalue weighted by Crippen LogP contribution is 2.20. The van der Waals surface area contributed by atoms with Gasteiger partial charge in [0.2, 0.25) is 5.91 Å². The molecule has 2 aromatic rings. The minimum absolute atomic E-state index is 0.183. The second-order valence-electron chi connectivity index (χ2n) is 6.11. The lowest BCUT2D eigenvalue weighted by atomic mass is 10.2. The number of thiophene rings is 1. The van der Waals surface area contributed by atoms with Crippen molar-refractivity contribution in [2.75, 3.05) is 18.9 Å². The van der Waals surface area contributed by atoms with Crippen molar-refractivity contribution in [3.05, 3.63) is 57.2 Å². The lowest BCUT2D eigenvalue weighted by Crippen LogP contribution is -2.37. The fourth-order valence-corrected chi connectivity index (χ4v) is 4.54. The van der Waals surface area contributed by atoms with Crippen molar-refractivity contribution in [3.8, 4) is 0 Å². The van der Waals surface area contributed by atoms with Gasteiger partial charge in [0, 0.05) is 28.8 Å². The van der Waals surface area contributed by atoms with Crippen LogP contribution in [0.15, 0.2) is 41.8 Å². The molecule has 134 valence electrons. The Labute approximate surface area is 162 Å². The molecule has 1 atom stereocenters. The van der Waals surface area contributed by atoms with Gasteiger partial charge in [0.25, 0.3) is 0 Å². The highest BCUT2D eigenvalue weighted by molar-refractivity contribution is 7.99. The fraction of sp³-hybridized carbons (Fsp3) is 0.421. The minimum atomic E-state index is 0.183. The monoisotopic (exact) mass is 395 g/mol. The van der Waals surface area contributed by atoms with Crippen LogP contribution in [0.3, 0.4) is 0 Å². The van der Waals surface area contributed by atoms with Crippen LogP contribution in [0.1, 0.15) is 23.3 Å². The molecule has 25 heavy (non-hydrogen) atoms. The van der Waals surface area contributed by atoms with Gasteiger partial charge in [-0.2, -0.15) is 0 Å². The largest absolute Gasteiger partial charge is 0.376 e. The Balaban J connectivity index is 1.52. The molecule has 1 aromatic heterocycles. The van der Waals surface area contributed by atoms with Crippen molar-refractivity contribution >= 4 is 40.6 Å². The Kier molecular flexibility index (Phi) is 7.23. The molecule has 0 spiro atoms. The molecule has 1 saturated heterocycles. The van der Waals surface area contributed by atoms with Gasteiger partial charge in [-0.3, -0.25) is 4.79 Å². The first-order valence-corrected chi connectivity index (χ1v) is 10.9. The van der Waals surface area contributed by atoms with Crippen LogP contribution in [0, 0.1) is 0 Å². The predicted octanol–water partition coefficient (Wildman–Crippen LogP) is 4.84. The quantitative estimate of drug-likeness (QED) is 0.640. The molecule has 1 aliphatic heterocycles. The van der Waals surface area contributed by atoms with Crippen LogP contribution in [0.4, 0.5) is 0 Å². The van der Waals surface area contributed by atoms with E-state index in [0.717, 1.165) is 30.2 Å². The summed E-state index contributed by atoms with van der Waals surface area (Å²) in [7, 11) is 0. The van der Waals surface area contributed by atoms with Gasteiger partial charge >= 0.3 is 0 Å². The van der Waals surface area contributed by atoms with E-state index in [1.54, 1.807) is 23.1 Å². The van der Waals surface area contributed by atoms with Crippen molar-refractivity contribution in [1.29, 1.82) is 0 Å². The SMILES string of the molecule is O=C(CSCc1ccc(Cl)cc1)N(Cc1cccs1)CC1CCCO1. The lowest BCUT2D eigenvalue weighted by Gasteiger charge is -2.25. The molecule has 1 unspecified atom stereocenters. The Hall–Kier alpha value is -1.01. The number of carbonyl (C=O) groups is 1. The van der Waals surface area contributed by atoms with Crippen LogP contribution in [-0.4, -0.2) is 35.8 Å². The summed E-state index contributed by atoms with van der Waals surface area (Å²) in [4.78, 5) is 15.9. The van der Waals surface area contributed by atoms with E-state index in [-0.39, 0.29) is 12.0 Å². The van der Waals surface area contributed by atoms with Gasteiger partial charge in [-0.25, -0.2) is 0 Å². The first-order valence-electron chi connectivity index (χ1n) is 8.44. The van der Waals surface area contributed by atoms with E-state index in [4.69, 9.17) is 16.3 Å². The van der Waals surface area contributed by atoms with Gasteiger partial charge < -0.3 is 9.64 Å². The van der Waals surface area contributed by atoms with E-state index in [9.17, 15) is 4.79 Å². The number of halogens is 1. The third kappa shape index (κ3) is 6.03. The van der Waals surface area contributed by atoms with Crippen molar-refractivity contribution < 1.29 is 9.53 Å². The Morgan fingerprint density at radius 2 is 2.16 bits per heavy atom. The summed E-state index contributed by atoms with van der Waals surface area (Å²) in [6.45, 7) is 2.19. The highest BCUT2D eigenvalue weighted by atomic mass is 35.5. The number of rotatable bonds is 8. The second-order valence-corrected chi connectivity index (χ2v) is 8.56. The first-order chi connectivity index (χ1) is 12.2. The molecular weight excluding hydrogens is 374 g/mol. The second kappa shape index (κ2) is 9.62. The molecule has 1 fully saturated rings. The molecule has 6 heteroatoms. The number of carbonyl (C=O) groups excluding carboxylic acids is 1. The van der Waals surface area contributed by atoms with Crippen LogP contribution < -0.4 is 0 Å². The Morgan fingerprint density at radius 3 is 2.84 bits per heavy atom. The van der Waals surface area contributed by atoms with E-state index < -0.39 is 0 Å². The minimum Gasteiger partial charge on any atom is -0.376 e. The summed E-state index contributed by atoms with van der Waals surface area (Å²) < 4.78 is 5.73. The maximum Gasteiger partial charge on any atom is 0.232 e. The van der Waals surface area contributed by atoms with Crippen molar-refractivity contribution in [1.82, 2.24) is 4.90 Å². The smallest absolute Gasteiger partial charge is 0.232 e. The highest BCUT2D eigenvalue weighted by Gasteiger charge is 2.23. The van der Waals surface area contributed by atoms with Gasteiger partial charge in [0.05, 0.1) is 18.4 Å². The first kappa shape index (κ1) is 18.8. The van der Waals surface area contributed by atoms with Crippen molar-refractivity contribution in [2.24, 2.45) is 0 Å². The number of thioether (sulfide) groups is 1. The number of nitrogens with zero attached hydrogens (tertiary/aromatic N) is 1. The molecule has 0 N–H and O–H groups in total. The molecule has 2 heterocycles. The third-order valence-corrected chi connectivity index (χ3v) is 6.24. The van der Waals surface area contributed by atoms with Gasteiger partial charge in [-0.15, -0.1) is 23.1 Å². The Bertz CT molecular complexity index is 655. The molecule has 0 saturated carbocycles. The summed E-state index contributed by atoms with van der Waals surface area (Å²) in [6, 6.07) is 11.9.